The van der Waals surface area contributed by atoms with Crippen molar-refractivity contribution >= 4 is 38.9 Å². The first-order chi connectivity index (χ1) is 7.65. The fourth-order valence-electron chi connectivity index (χ4n) is 2.20. The number of hydrogen-bond acceptors (Lipinski definition) is 3. The van der Waals surface area contributed by atoms with E-state index in [1.54, 1.807) is 11.3 Å². The van der Waals surface area contributed by atoms with Crippen molar-refractivity contribution in [3.05, 3.63) is 19.8 Å². The molecule has 2 nitrogen and oxygen atoms in total. The number of thiophene rings is 1. The Hall–Kier alpha value is 0.390. The summed E-state index contributed by atoms with van der Waals surface area (Å²) in [5.41, 5.74) is -0.0526. The topological polar surface area (TPSA) is 32.3 Å². The van der Waals surface area contributed by atoms with Crippen molar-refractivity contribution in [3.8, 4) is 0 Å². The zero-order chi connectivity index (χ0) is 11.6. The Morgan fingerprint density at radius 1 is 1.50 bits per heavy atom. The van der Waals surface area contributed by atoms with E-state index in [2.05, 4.69) is 21.2 Å². The van der Waals surface area contributed by atoms with Crippen LogP contribution in [0.2, 0.25) is 4.34 Å². The molecule has 0 aromatic carbocycles. The van der Waals surface area contributed by atoms with Gasteiger partial charge in [0.1, 0.15) is 4.34 Å². The standard InChI is InChI=1S/C11H15BrClNOS/c12-9-5-8(16-10(9)13)6-14-11(7-15)3-1-2-4-11/h5,14-15H,1-4,6-7H2. The largest absolute Gasteiger partial charge is 0.394 e. The van der Waals surface area contributed by atoms with Crippen LogP contribution >= 0.6 is 38.9 Å². The number of halogens is 2. The van der Waals surface area contributed by atoms with Gasteiger partial charge >= 0.3 is 0 Å². The third-order valence-electron chi connectivity index (χ3n) is 3.20. The van der Waals surface area contributed by atoms with Gasteiger partial charge in [0.15, 0.2) is 0 Å². The van der Waals surface area contributed by atoms with Crippen LogP contribution in [0.5, 0.6) is 0 Å². The van der Waals surface area contributed by atoms with Crippen molar-refractivity contribution in [2.45, 2.75) is 37.8 Å². The van der Waals surface area contributed by atoms with Crippen LogP contribution < -0.4 is 5.32 Å². The Morgan fingerprint density at radius 3 is 2.69 bits per heavy atom. The molecule has 0 spiro atoms. The van der Waals surface area contributed by atoms with Crippen LogP contribution in [-0.4, -0.2) is 17.3 Å². The summed E-state index contributed by atoms with van der Waals surface area (Å²) >= 11 is 11.0. The maximum absolute atomic E-state index is 9.46. The molecule has 1 aromatic heterocycles. The molecule has 2 rings (SSSR count). The summed E-state index contributed by atoms with van der Waals surface area (Å²) in [5.74, 6) is 0. The highest BCUT2D eigenvalue weighted by Gasteiger charge is 2.32. The molecule has 90 valence electrons. The quantitative estimate of drug-likeness (QED) is 0.887. The number of aliphatic hydroxyl groups is 1. The summed E-state index contributed by atoms with van der Waals surface area (Å²) < 4.78 is 1.75. The molecule has 1 aliphatic rings. The molecule has 0 unspecified atom stereocenters. The first-order valence-corrected chi connectivity index (χ1v) is 7.44. The minimum absolute atomic E-state index is 0.0526. The van der Waals surface area contributed by atoms with Crippen LogP contribution in [0.1, 0.15) is 30.6 Å². The van der Waals surface area contributed by atoms with Gasteiger partial charge in [-0.05, 0) is 34.8 Å². The number of rotatable bonds is 4. The summed E-state index contributed by atoms with van der Waals surface area (Å²) in [6.07, 6.45) is 4.57. The van der Waals surface area contributed by atoms with Crippen molar-refractivity contribution in [3.63, 3.8) is 0 Å². The molecule has 16 heavy (non-hydrogen) atoms. The van der Waals surface area contributed by atoms with Gasteiger partial charge in [0.2, 0.25) is 0 Å². The van der Waals surface area contributed by atoms with Gasteiger partial charge in [-0.2, -0.15) is 0 Å². The molecule has 0 saturated heterocycles. The third-order valence-corrected chi connectivity index (χ3v) is 5.67. The molecule has 0 radical (unpaired) electrons. The van der Waals surface area contributed by atoms with Crippen LogP contribution in [0.15, 0.2) is 10.5 Å². The Bertz CT molecular complexity index is 343. The molecule has 1 heterocycles. The number of aliphatic hydroxyl groups excluding tert-OH is 1. The first-order valence-electron chi connectivity index (χ1n) is 5.45. The predicted molar refractivity (Wildman–Crippen MR) is 72.2 cm³/mol. The third kappa shape index (κ3) is 2.79. The van der Waals surface area contributed by atoms with E-state index < -0.39 is 0 Å². The van der Waals surface area contributed by atoms with Crippen LogP contribution in [0.25, 0.3) is 0 Å². The molecular formula is C11H15BrClNOS. The van der Waals surface area contributed by atoms with Crippen molar-refractivity contribution < 1.29 is 5.11 Å². The predicted octanol–water partition coefficient (Wildman–Crippen LogP) is 3.56. The Kier molecular flexibility index (Phi) is 4.30. The lowest BCUT2D eigenvalue weighted by Crippen LogP contribution is -2.45. The highest BCUT2D eigenvalue weighted by Crippen LogP contribution is 2.33. The second-order valence-corrected chi connectivity index (χ2v) is 6.93. The fraction of sp³-hybridized carbons (Fsp3) is 0.636. The summed E-state index contributed by atoms with van der Waals surface area (Å²) in [4.78, 5) is 1.21. The minimum atomic E-state index is -0.0526. The lowest BCUT2D eigenvalue weighted by atomic mass is 9.99. The van der Waals surface area contributed by atoms with Crippen LogP contribution in [0.4, 0.5) is 0 Å². The SMILES string of the molecule is OCC1(NCc2cc(Br)c(Cl)s2)CCCC1. The first kappa shape index (κ1) is 12.8. The van der Waals surface area contributed by atoms with E-state index in [-0.39, 0.29) is 12.1 Å². The summed E-state index contributed by atoms with van der Waals surface area (Å²) in [5, 5.41) is 12.9. The van der Waals surface area contributed by atoms with Crippen LogP contribution in [0.3, 0.4) is 0 Å². The average molecular weight is 325 g/mol. The minimum Gasteiger partial charge on any atom is -0.394 e. The normalized spacial score (nSPS) is 19.2. The van der Waals surface area contributed by atoms with Crippen LogP contribution in [0, 0.1) is 0 Å². The number of hydrogen-bond donors (Lipinski definition) is 2. The zero-order valence-corrected chi connectivity index (χ0v) is 12.1. The van der Waals surface area contributed by atoms with Gasteiger partial charge in [-0.15, -0.1) is 11.3 Å². The van der Waals surface area contributed by atoms with Crippen molar-refractivity contribution in [2.75, 3.05) is 6.61 Å². The molecule has 5 heteroatoms. The molecule has 1 saturated carbocycles. The maximum Gasteiger partial charge on any atom is 0.107 e. The highest BCUT2D eigenvalue weighted by atomic mass is 79.9. The van der Waals surface area contributed by atoms with E-state index in [0.717, 1.165) is 28.2 Å². The monoisotopic (exact) mass is 323 g/mol. The molecule has 0 amide bonds. The molecule has 1 aliphatic carbocycles. The lowest BCUT2D eigenvalue weighted by molar-refractivity contribution is 0.163. The molecule has 0 aliphatic heterocycles. The van der Waals surface area contributed by atoms with E-state index >= 15 is 0 Å². The fourth-order valence-corrected chi connectivity index (χ4v) is 3.93. The Morgan fingerprint density at radius 2 is 2.19 bits per heavy atom. The summed E-state index contributed by atoms with van der Waals surface area (Å²) in [6, 6.07) is 2.04. The van der Waals surface area contributed by atoms with E-state index in [1.165, 1.54) is 17.7 Å². The Labute approximate surface area is 113 Å². The zero-order valence-electron chi connectivity index (χ0n) is 8.93. The maximum atomic E-state index is 9.46. The summed E-state index contributed by atoms with van der Waals surface area (Å²) in [7, 11) is 0. The molecular weight excluding hydrogens is 310 g/mol. The smallest absolute Gasteiger partial charge is 0.107 e. The van der Waals surface area contributed by atoms with Gasteiger partial charge < -0.3 is 10.4 Å². The van der Waals surface area contributed by atoms with E-state index in [1.807, 2.05) is 6.07 Å². The van der Waals surface area contributed by atoms with E-state index in [0.29, 0.717) is 0 Å². The lowest BCUT2D eigenvalue weighted by Gasteiger charge is -2.27. The van der Waals surface area contributed by atoms with Gasteiger partial charge in [-0.25, -0.2) is 0 Å². The second kappa shape index (κ2) is 5.36. The van der Waals surface area contributed by atoms with E-state index in [9.17, 15) is 5.11 Å². The van der Waals surface area contributed by atoms with Crippen molar-refractivity contribution in [2.24, 2.45) is 0 Å². The van der Waals surface area contributed by atoms with Gasteiger partial charge in [0.05, 0.1) is 6.61 Å². The second-order valence-electron chi connectivity index (χ2n) is 4.33. The number of nitrogens with one attached hydrogen (secondary N) is 1. The molecule has 0 bridgehead atoms. The van der Waals surface area contributed by atoms with Crippen molar-refractivity contribution in [1.29, 1.82) is 0 Å². The highest BCUT2D eigenvalue weighted by molar-refractivity contribution is 9.10. The van der Waals surface area contributed by atoms with Gasteiger partial charge in [-0.3, -0.25) is 0 Å². The van der Waals surface area contributed by atoms with Gasteiger partial charge in [0.25, 0.3) is 0 Å². The van der Waals surface area contributed by atoms with Crippen LogP contribution in [-0.2, 0) is 6.54 Å². The van der Waals surface area contributed by atoms with Gasteiger partial charge in [0, 0.05) is 21.4 Å². The van der Waals surface area contributed by atoms with Gasteiger partial charge in [-0.1, -0.05) is 24.4 Å². The van der Waals surface area contributed by atoms with E-state index in [4.69, 9.17) is 11.6 Å². The molecule has 1 aromatic rings. The molecule has 1 fully saturated rings. The molecule has 0 atom stereocenters. The summed E-state index contributed by atoms with van der Waals surface area (Å²) in [6.45, 7) is 1.02. The molecule has 2 N–H and O–H groups in total. The Balaban J connectivity index is 1.95. The average Bonchev–Trinajstić information content (AvgIpc) is 2.85. The van der Waals surface area contributed by atoms with Crippen molar-refractivity contribution in [1.82, 2.24) is 5.32 Å².